The van der Waals surface area contributed by atoms with Crippen LogP contribution in [0.25, 0.3) is 0 Å². The highest BCUT2D eigenvalue weighted by Gasteiger charge is 2.30. The third-order valence-corrected chi connectivity index (χ3v) is 6.09. The van der Waals surface area contributed by atoms with Gasteiger partial charge in [0.2, 0.25) is 5.91 Å². The van der Waals surface area contributed by atoms with Crippen LogP contribution in [0, 0.1) is 0 Å². The number of hydrogen-bond donors (Lipinski definition) is 1. The monoisotopic (exact) mass is 387 g/mol. The second-order valence-electron chi connectivity index (χ2n) is 7.93. The maximum Gasteiger partial charge on any atom is 0.230 e. The predicted octanol–water partition coefficient (Wildman–Crippen LogP) is 2.90. The van der Waals surface area contributed by atoms with Gasteiger partial charge in [0, 0.05) is 31.2 Å². The lowest BCUT2D eigenvalue weighted by Crippen LogP contribution is -2.53. The van der Waals surface area contributed by atoms with Crippen molar-refractivity contribution in [1.82, 2.24) is 25.0 Å². The van der Waals surface area contributed by atoms with Gasteiger partial charge in [0.25, 0.3) is 0 Å². The third-order valence-electron chi connectivity index (χ3n) is 5.13. The van der Waals surface area contributed by atoms with Crippen molar-refractivity contribution in [2.75, 3.05) is 18.8 Å². The first-order chi connectivity index (χ1) is 12.9. The highest BCUT2D eigenvalue weighted by molar-refractivity contribution is 7.99. The van der Waals surface area contributed by atoms with Crippen LogP contribution in [0.4, 0.5) is 0 Å². The van der Waals surface area contributed by atoms with Gasteiger partial charge in [-0.1, -0.05) is 36.0 Å². The number of carbonyl (C=O) groups excluding carboxylic acids is 1. The van der Waals surface area contributed by atoms with Gasteiger partial charge in [0.05, 0.1) is 5.75 Å². The number of carbonyl (C=O) groups is 1. The van der Waals surface area contributed by atoms with E-state index in [1.807, 2.05) is 4.57 Å². The van der Waals surface area contributed by atoms with Crippen LogP contribution >= 0.6 is 11.8 Å². The molecule has 0 aliphatic carbocycles. The lowest BCUT2D eigenvalue weighted by Gasteiger charge is -2.41. The predicted molar refractivity (Wildman–Crippen MR) is 109 cm³/mol. The number of hydrogen-bond acceptors (Lipinski definition) is 5. The minimum absolute atomic E-state index is 0.0313. The molecular weight excluding hydrogens is 358 g/mol. The molecule has 7 heteroatoms. The molecule has 0 fully saturated rings. The van der Waals surface area contributed by atoms with E-state index < -0.39 is 0 Å². The Morgan fingerprint density at radius 2 is 2.04 bits per heavy atom. The fraction of sp³-hybridized carbons (Fsp3) is 0.550. The van der Waals surface area contributed by atoms with Crippen molar-refractivity contribution in [2.45, 2.75) is 57.4 Å². The first-order valence-corrected chi connectivity index (χ1v) is 10.5. The van der Waals surface area contributed by atoms with Gasteiger partial charge in [-0.15, -0.1) is 10.2 Å². The Kier molecular flexibility index (Phi) is 6.22. The Labute approximate surface area is 165 Å². The molecule has 6 nitrogen and oxygen atoms in total. The lowest BCUT2D eigenvalue weighted by molar-refractivity contribution is -0.119. The number of nitrogens with one attached hydrogen (secondary N) is 1. The Morgan fingerprint density at radius 3 is 2.78 bits per heavy atom. The molecule has 0 atom stereocenters. The van der Waals surface area contributed by atoms with E-state index in [0.717, 1.165) is 24.7 Å². The third kappa shape index (κ3) is 4.90. The molecule has 3 rings (SSSR count). The van der Waals surface area contributed by atoms with E-state index in [9.17, 15) is 4.79 Å². The van der Waals surface area contributed by atoms with E-state index in [0.29, 0.717) is 12.3 Å². The van der Waals surface area contributed by atoms with Crippen molar-refractivity contribution in [2.24, 2.45) is 0 Å². The minimum Gasteiger partial charge on any atom is -0.354 e. The Morgan fingerprint density at radius 1 is 1.30 bits per heavy atom. The quantitative estimate of drug-likeness (QED) is 0.740. The molecular formula is C20H29N5OS. The number of nitrogens with zero attached hydrogens (tertiary/aromatic N) is 4. The summed E-state index contributed by atoms with van der Waals surface area (Å²) in [5.41, 5.74) is 2.75. The van der Waals surface area contributed by atoms with Gasteiger partial charge in [-0.2, -0.15) is 0 Å². The Balaban J connectivity index is 1.50. The molecule has 1 aliphatic rings. The minimum atomic E-state index is -0.0915. The molecule has 0 spiro atoms. The molecule has 0 unspecified atom stereocenters. The van der Waals surface area contributed by atoms with E-state index in [1.165, 1.54) is 22.9 Å². The Bertz CT molecular complexity index is 786. The first-order valence-electron chi connectivity index (χ1n) is 9.47. The van der Waals surface area contributed by atoms with Gasteiger partial charge in [-0.25, -0.2) is 0 Å². The van der Waals surface area contributed by atoms with Crippen molar-refractivity contribution >= 4 is 17.7 Å². The molecule has 0 radical (unpaired) electrons. The number of rotatable bonds is 7. The van der Waals surface area contributed by atoms with E-state index in [2.05, 4.69) is 72.4 Å². The summed E-state index contributed by atoms with van der Waals surface area (Å²) >= 11 is 1.43. The molecule has 0 saturated carbocycles. The maximum absolute atomic E-state index is 12.3. The van der Waals surface area contributed by atoms with Gasteiger partial charge in [0.1, 0.15) is 6.33 Å². The van der Waals surface area contributed by atoms with E-state index >= 15 is 0 Å². The number of benzene rings is 1. The van der Waals surface area contributed by atoms with Gasteiger partial charge < -0.3 is 9.88 Å². The second kappa shape index (κ2) is 8.44. The van der Waals surface area contributed by atoms with Crippen molar-refractivity contribution in [3.8, 4) is 0 Å². The molecule has 1 aromatic carbocycles. The molecule has 2 aromatic rings. The van der Waals surface area contributed by atoms with Gasteiger partial charge in [0.15, 0.2) is 5.16 Å². The maximum atomic E-state index is 12.3. The number of amides is 1. The average Bonchev–Trinajstić information content (AvgIpc) is 3.13. The molecule has 27 heavy (non-hydrogen) atoms. The van der Waals surface area contributed by atoms with E-state index in [1.54, 1.807) is 6.33 Å². The van der Waals surface area contributed by atoms with Crippen LogP contribution in [0.1, 0.15) is 44.9 Å². The normalized spacial score (nSPS) is 15.0. The van der Waals surface area contributed by atoms with Crippen LogP contribution in [0.15, 0.2) is 35.7 Å². The summed E-state index contributed by atoms with van der Waals surface area (Å²) in [6.07, 6.45) is 2.77. The topological polar surface area (TPSA) is 63.1 Å². The van der Waals surface area contributed by atoms with E-state index in [4.69, 9.17) is 0 Å². The summed E-state index contributed by atoms with van der Waals surface area (Å²) < 4.78 is 1.98. The first kappa shape index (κ1) is 19.9. The van der Waals surface area contributed by atoms with Crippen LogP contribution in [0.5, 0.6) is 0 Å². The summed E-state index contributed by atoms with van der Waals surface area (Å²) in [4.78, 5) is 14.8. The smallest absolute Gasteiger partial charge is 0.230 e. The summed E-state index contributed by atoms with van der Waals surface area (Å²) in [5.74, 6) is 0.383. The van der Waals surface area contributed by atoms with Crippen LogP contribution in [-0.4, -0.2) is 50.0 Å². The average molecular weight is 388 g/mol. The number of fused-ring (bicyclic) bond motifs is 1. The molecule has 1 N–H and O–H groups in total. The highest BCUT2D eigenvalue weighted by atomic mass is 32.2. The highest BCUT2D eigenvalue weighted by Crippen LogP contribution is 2.25. The van der Waals surface area contributed by atoms with Crippen LogP contribution < -0.4 is 5.32 Å². The zero-order valence-electron chi connectivity index (χ0n) is 16.6. The molecule has 1 amide bonds. The zero-order valence-corrected chi connectivity index (χ0v) is 17.4. The molecule has 1 aromatic heterocycles. The van der Waals surface area contributed by atoms with Crippen LogP contribution in [0.2, 0.25) is 0 Å². The molecule has 2 heterocycles. The van der Waals surface area contributed by atoms with Crippen LogP contribution in [0.3, 0.4) is 0 Å². The SMILES string of the molecule is CC(C)n1cnnc1SCC(=O)NCC(C)(C)N1CCc2ccccc2C1. The van der Waals surface area contributed by atoms with Gasteiger partial charge >= 0.3 is 0 Å². The van der Waals surface area contributed by atoms with Gasteiger partial charge in [-0.3, -0.25) is 9.69 Å². The standard InChI is InChI=1S/C20H29N5OS/c1-15(2)25-14-22-23-19(25)27-12-18(26)21-13-20(3,4)24-10-9-16-7-5-6-8-17(16)11-24/h5-8,14-15H,9-13H2,1-4H3,(H,21,26). The van der Waals surface area contributed by atoms with Crippen LogP contribution in [-0.2, 0) is 17.8 Å². The van der Waals surface area contributed by atoms with Crippen molar-refractivity contribution in [1.29, 1.82) is 0 Å². The van der Waals surface area contributed by atoms with Gasteiger partial charge in [-0.05, 0) is 45.2 Å². The van der Waals surface area contributed by atoms with E-state index in [-0.39, 0.29) is 17.5 Å². The number of thioether (sulfide) groups is 1. The summed E-state index contributed by atoms with van der Waals surface area (Å²) in [6, 6.07) is 8.92. The summed E-state index contributed by atoms with van der Waals surface area (Å²) in [5, 5.41) is 11.9. The van der Waals surface area contributed by atoms with Crippen molar-refractivity contribution in [3.05, 3.63) is 41.7 Å². The van der Waals surface area contributed by atoms with Crippen molar-refractivity contribution in [3.63, 3.8) is 0 Å². The molecule has 0 saturated heterocycles. The zero-order chi connectivity index (χ0) is 19.4. The molecule has 1 aliphatic heterocycles. The van der Waals surface area contributed by atoms with Crippen molar-refractivity contribution < 1.29 is 4.79 Å². The fourth-order valence-electron chi connectivity index (χ4n) is 3.31. The second-order valence-corrected chi connectivity index (χ2v) is 8.88. The summed E-state index contributed by atoms with van der Waals surface area (Å²) in [6.45, 7) is 11.1. The fourth-order valence-corrected chi connectivity index (χ4v) is 4.18. The largest absolute Gasteiger partial charge is 0.354 e. The summed E-state index contributed by atoms with van der Waals surface area (Å²) in [7, 11) is 0. The molecule has 0 bridgehead atoms. The lowest BCUT2D eigenvalue weighted by atomic mass is 9.94. The Hall–Kier alpha value is -1.86. The molecule has 146 valence electrons. The number of aromatic nitrogens is 3.